The average Bonchev–Trinajstić information content (AvgIpc) is 2.91. The molecule has 0 radical (unpaired) electrons. The summed E-state index contributed by atoms with van der Waals surface area (Å²) in [6, 6.07) is 15.9. The van der Waals surface area contributed by atoms with E-state index in [0.717, 1.165) is 23.8 Å². The highest BCUT2D eigenvalue weighted by molar-refractivity contribution is 7.93. The van der Waals surface area contributed by atoms with Crippen LogP contribution in [0.25, 0.3) is 0 Å². The molecule has 0 spiro atoms. The number of sulfonamides is 2. The molecule has 3 aromatic carbocycles. The van der Waals surface area contributed by atoms with Crippen molar-refractivity contribution in [2.24, 2.45) is 0 Å². The Kier molecular flexibility index (Phi) is 8.78. The second-order valence-corrected chi connectivity index (χ2v) is 13.1. The fourth-order valence-corrected chi connectivity index (χ4v) is 6.35. The van der Waals surface area contributed by atoms with Crippen LogP contribution in [0, 0.1) is 20.8 Å². The van der Waals surface area contributed by atoms with E-state index in [0.29, 0.717) is 21.8 Å². The molecule has 4 rings (SSSR count). The number of nitrogens with one attached hydrogen (secondary N) is 2. The van der Waals surface area contributed by atoms with Crippen LogP contribution in [0.5, 0.6) is 0 Å². The van der Waals surface area contributed by atoms with E-state index in [1.807, 2.05) is 0 Å². The number of rotatable bonds is 9. The summed E-state index contributed by atoms with van der Waals surface area (Å²) in [7, 11) is -8.56. The Bertz CT molecular complexity index is 1840. The number of halogens is 3. The van der Waals surface area contributed by atoms with Crippen molar-refractivity contribution in [3.63, 3.8) is 0 Å². The van der Waals surface area contributed by atoms with Gasteiger partial charge in [-0.25, -0.2) is 31.5 Å². The smallest absolute Gasteiger partial charge is 0.325 e. The predicted molar refractivity (Wildman–Crippen MR) is 155 cm³/mol. The fraction of sp³-hybridized carbons (Fsp3) is 0.179. The van der Waals surface area contributed by atoms with Crippen LogP contribution in [0.4, 0.5) is 30.5 Å². The maximum absolute atomic E-state index is 13.5. The van der Waals surface area contributed by atoms with E-state index in [9.17, 15) is 34.8 Å². The van der Waals surface area contributed by atoms with Crippen LogP contribution in [-0.4, -0.2) is 39.3 Å². The Balaban J connectivity index is 1.58. The van der Waals surface area contributed by atoms with Crippen molar-refractivity contribution < 1.29 is 34.8 Å². The highest BCUT2D eigenvalue weighted by Crippen LogP contribution is 2.33. The lowest BCUT2D eigenvalue weighted by molar-refractivity contribution is -0.137. The first-order chi connectivity index (χ1) is 20.0. The SMILES string of the molecule is Cc1ccc(S(=O)(=O)N(CC(=O)Nc2ccc(S(=O)(=O)Nc3nc(C)cc(C)n3)cc2)c2cccc(C(F)(F)F)c2)cc1. The van der Waals surface area contributed by atoms with Crippen LogP contribution < -0.4 is 14.3 Å². The van der Waals surface area contributed by atoms with Gasteiger partial charge in [0.2, 0.25) is 11.9 Å². The minimum Gasteiger partial charge on any atom is -0.325 e. The molecule has 10 nitrogen and oxygen atoms in total. The lowest BCUT2D eigenvalue weighted by atomic mass is 10.2. The van der Waals surface area contributed by atoms with Gasteiger partial charge in [-0.3, -0.25) is 9.10 Å². The van der Waals surface area contributed by atoms with Crippen molar-refractivity contribution in [1.29, 1.82) is 0 Å². The second kappa shape index (κ2) is 12.0. The third-order valence-electron chi connectivity index (χ3n) is 6.01. The third-order valence-corrected chi connectivity index (χ3v) is 9.15. The van der Waals surface area contributed by atoms with Crippen molar-refractivity contribution in [1.82, 2.24) is 9.97 Å². The molecule has 0 aliphatic heterocycles. The molecule has 0 aliphatic rings. The van der Waals surface area contributed by atoms with Crippen molar-refractivity contribution in [3.8, 4) is 0 Å². The average molecular weight is 634 g/mol. The number of alkyl halides is 3. The van der Waals surface area contributed by atoms with Gasteiger partial charge in [-0.1, -0.05) is 23.8 Å². The molecule has 226 valence electrons. The molecule has 1 aromatic heterocycles. The second-order valence-electron chi connectivity index (χ2n) is 9.53. The Labute approximate surface area is 246 Å². The van der Waals surface area contributed by atoms with Crippen molar-refractivity contribution >= 4 is 43.3 Å². The quantitative estimate of drug-likeness (QED) is 0.263. The Morgan fingerprint density at radius 2 is 1.40 bits per heavy atom. The summed E-state index contributed by atoms with van der Waals surface area (Å²) in [5.74, 6) is -0.996. The first-order valence-electron chi connectivity index (χ1n) is 12.6. The molecule has 0 saturated carbocycles. The molecule has 15 heteroatoms. The molecule has 2 N–H and O–H groups in total. The number of benzene rings is 3. The lowest BCUT2D eigenvalue weighted by Gasteiger charge is -2.25. The zero-order chi connectivity index (χ0) is 31.6. The van der Waals surface area contributed by atoms with Gasteiger partial charge in [-0.15, -0.1) is 0 Å². The predicted octanol–water partition coefficient (Wildman–Crippen LogP) is 5.06. The molecule has 43 heavy (non-hydrogen) atoms. The summed E-state index contributed by atoms with van der Waals surface area (Å²) >= 11 is 0. The van der Waals surface area contributed by atoms with Crippen LogP contribution in [0.3, 0.4) is 0 Å². The van der Waals surface area contributed by atoms with Crippen LogP contribution >= 0.6 is 0 Å². The topological polar surface area (TPSA) is 138 Å². The van der Waals surface area contributed by atoms with Crippen molar-refractivity contribution in [3.05, 3.63) is 101 Å². The number of carbonyl (C=O) groups excluding carboxylic acids is 1. The number of nitrogens with zero attached hydrogens (tertiary/aromatic N) is 3. The molecule has 0 bridgehead atoms. The largest absolute Gasteiger partial charge is 0.416 e. The van der Waals surface area contributed by atoms with Gasteiger partial charge >= 0.3 is 6.18 Å². The summed E-state index contributed by atoms with van der Waals surface area (Å²) in [5, 5.41) is 2.46. The van der Waals surface area contributed by atoms with Gasteiger partial charge < -0.3 is 5.32 Å². The van der Waals surface area contributed by atoms with E-state index in [1.165, 1.54) is 48.5 Å². The fourth-order valence-electron chi connectivity index (χ4n) is 3.99. The number of hydrogen-bond acceptors (Lipinski definition) is 7. The van der Waals surface area contributed by atoms with Gasteiger partial charge in [0.15, 0.2) is 0 Å². The highest BCUT2D eigenvalue weighted by Gasteiger charge is 2.33. The normalized spacial score (nSPS) is 12.0. The lowest BCUT2D eigenvalue weighted by Crippen LogP contribution is -2.38. The van der Waals surface area contributed by atoms with Gasteiger partial charge in [0, 0.05) is 17.1 Å². The van der Waals surface area contributed by atoms with Crippen LogP contribution in [0.2, 0.25) is 0 Å². The first kappa shape index (κ1) is 31.4. The molecule has 0 unspecified atom stereocenters. The van der Waals surface area contributed by atoms with Crippen molar-refractivity contribution in [2.45, 2.75) is 36.7 Å². The maximum Gasteiger partial charge on any atom is 0.416 e. The number of aryl methyl sites for hydroxylation is 3. The number of anilines is 3. The monoisotopic (exact) mass is 633 g/mol. The van der Waals surface area contributed by atoms with Gasteiger partial charge in [-0.2, -0.15) is 13.2 Å². The van der Waals surface area contributed by atoms with E-state index < -0.39 is 44.2 Å². The van der Waals surface area contributed by atoms with Crippen LogP contribution in [-0.2, 0) is 31.0 Å². The summed E-state index contributed by atoms with van der Waals surface area (Å²) < 4.78 is 95.7. The number of amides is 1. The van der Waals surface area contributed by atoms with Crippen LogP contribution in [0.1, 0.15) is 22.5 Å². The molecule has 1 heterocycles. The standard InChI is InChI=1S/C28H26F3N5O5S2/c1-18-7-11-25(12-8-18)43(40,41)36(23-6-4-5-21(16-23)28(29,30)31)17-26(37)34-22-9-13-24(14-10-22)42(38,39)35-27-32-19(2)15-20(3)33-27/h4-16H,17H2,1-3H3,(H,34,37)(H,32,33,35). The van der Waals surface area contributed by atoms with E-state index in [-0.39, 0.29) is 27.1 Å². The summed E-state index contributed by atoms with van der Waals surface area (Å²) in [5.41, 5.74) is 0.532. The molecular weight excluding hydrogens is 607 g/mol. The minimum absolute atomic E-state index is 0.112. The van der Waals surface area contributed by atoms with Crippen molar-refractivity contribution in [2.75, 3.05) is 20.9 Å². The minimum atomic E-state index is -4.75. The van der Waals surface area contributed by atoms with Gasteiger partial charge in [0.05, 0.1) is 21.0 Å². The number of hydrogen-bond donors (Lipinski definition) is 2. The van der Waals surface area contributed by atoms with E-state index in [2.05, 4.69) is 20.0 Å². The van der Waals surface area contributed by atoms with Crippen LogP contribution in [0.15, 0.2) is 88.7 Å². The summed E-state index contributed by atoms with van der Waals surface area (Å²) in [4.78, 5) is 20.7. The Morgan fingerprint density at radius 1 is 0.814 bits per heavy atom. The summed E-state index contributed by atoms with van der Waals surface area (Å²) in [6.07, 6.45) is -4.75. The molecular formula is C28H26F3N5O5S2. The summed E-state index contributed by atoms with van der Waals surface area (Å²) in [6.45, 7) is 4.23. The number of aromatic nitrogens is 2. The van der Waals surface area contributed by atoms with Gasteiger partial charge in [-0.05, 0) is 81.4 Å². The zero-order valence-electron chi connectivity index (χ0n) is 23.0. The maximum atomic E-state index is 13.5. The Hall–Kier alpha value is -4.50. The van der Waals surface area contributed by atoms with Gasteiger partial charge in [0.25, 0.3) is 20.0 Å². The molecule has 0 fully saturated rings. The highest BCUT2D eigenvalue weighted by atomic mass is 32.2. The number of carbonyl (C=O) groups is 1. The van der Waals surface area contributed by atoms with E-state index in [4.69, 9.17) is 0 Å². The molecule has 1 amide bonds. The molecule has 0 aliphatic carbocycles. The molecule has 0 saturated heterocycles. The Morgan fingerprint density at radius 3 is 1.98 bits per heavy atom. The van der Waals surface area contributed by atoms with Gasteiger partial charge in [0.1, 0.15) is 6.54 Å². The van der Waals surface area contributed by atoms with E-state index in [1.54, 1.807) is 26.8 Å². The molecule has 0 atom stereocenters. The third kappa shape index (κ3) is 7.67. The van der Waals surface area contributed by atoms with E-state index >= 15 is 0 Å². The molecule has 4 aromatic rings. The first-order valence-corrected chi connectivity index (χ1v) is 15.5. The zero-order valence-corrected chi connectivity index (χ0v) is 24.7.